The van der Waals surface area contributed by atoms with Crippen LogP contribution in [0.2, 0.25) is 0 Å². The summed E-state index contributed by atoms with van der Waals surface area (Å²) in [5.74, 6) is 0.687. The van der Waals surface area contributed by atoms with Crippen LogP contribution < -0.4 is 4.90 Å². The molecule has 1 fully saturated rings. The zero-order chi connectivity index (χ0) is 20.1. The molecule has 2 aliphatic heterocycles. The maximum absolute atomic E-state index is 13.8. The van der Waals surface area contributed by atoms with Gasteiger partial charge in [0.15, 0.2) is 4.87 Å². The van der Waals surface area contributed by atoms with Crippen molar-refractivity contribution in [2.24, 2.45) is 5.92 Å². The van der Waals surface area contributed by atoms with E-state index in [1.54, 1.807) is 11.8 Å². The second-order valence-electron chi connectivity index (χ2n) is 8.04. The number of thioether (sulfide) groups is 1. The Labute approximate surface area is 170 Å². The summed E-state index contributed by atoms with van der Waals surface area (Å²) in [5.41, 5.74) is 5.26. The summed E-state index contributed by atoms with van der Waals surface area (Å²) in [6, 6.07) is 14.4. The van der Waals surface area contributed by atoms with Gasteiger partial charge in [0, 0.05) is 23.8 Å². The van der Waals surface area contributed by atoms with Gasteiger partial charge in [0.2, 0.25) is 5.91 Å². The third-order valence-corrected chi connectivity index (χ3v) is 6.95. The van der Waals surface area contributed by atoms with E-state index < -0.39 is 4.87 Å². The van der Waals surface area contributed by atoms with E-state index >= 15 is 0 Å². The van der Waals surface area contributed by atoms with E-state index in [2.05, 4.69) is 31.2 Å². The number of carbonyl (C=O) groups is 2. The van der Waals surface area contributed by atoms with Gasteiger partial charge in [-0.3, -0.25) is 9.59 Å². The fraction of sp³-hybridized carbons (Fsp3) is 0.391. The monoisotopic (exact) mass is 394 g/mol. The summed E-state index contributed by atoms with van der Waals surface area (Å²) in [6.45, 7) is 9.03. The third kappa shape index (κ3) is 2.84. The standard InChI is InChI=1S/C23H26N2O2S/c1-15(2)21(26)25-10-11-28-23(25)19-13-17(4)8-9-20(19)24(22(23)27)14-18-7-5-6-16(3)12-18/h5-9,12-13,15H,10-11,14H2,1-4H3. The summed E-state index contributed by atoms with van der Waals surface area (Å²) in [6.07, 6.45) is 0. The first kappa shape index (κ1) is 19.1. The molecule has 2 aromatic carbocycles. The zero-order valence-corrected chi connectivity index (χ0v) is 17.7. The Balaban J connectivity index is 1.82. The Bertz CT molecular complexity index is 955. The molecule has 5 heteroatoms. The van der Waals surface area contributed by atoms with E-state index in [0.717, 1.165) is 28.1 Å². The Morgan fingerprint density at radius 2 is 1.89 bits per heavy atom. The molecule has 2 aliphatic rings. The van der Waals surface area contributed by atoms with Crippen LogP contribution in [0.25, 0.3) is 0 Å². The highest BCUT2D eigenvalue weighted by molar-refractivity contribution is 8.01. The maximum atomic E-state index is 13.8. The smallest absolute Gasteiger partial charge is 0.268 e. The molecule has 4 nitrogen and oxygen atoms in total. The van der Waals surface area contributed by atoms with Gasteiger partial charge in [-0.1, -0.05) is 61.4 Å². The largest absolute Gasteiger partial charge is 0.315 e. The molecular formula is C23H26N2O2S. The van der Waals surface area contributed by atoms with E-state index in [-0.39, 0.29) is 17.7 Å². The predicted molar refractivity (Wildman–Crippen MR) is 114 cm³/mol. The number of aryl methyl sites for hydroxylation is 2. The van der Waals surface area contributed by atoms with Crippen molar-refractivity contribution < 1.29 is 9.59 Å². The molecule has 0 aromatic heterocycles. The number of anilines is 1. The number of benzene rings is 2. The molecule has 1 unspecified atom stereocenters. The van der Waals surface area contributed by atoms with Crippen molar-refractivity contribution >= 4 is 29.3 Å². The minimum absolute atomic E-state index is 0.00565. The molecule has 0 radical (unpaired) electrons. The fourth-order valence-corrected chi connectivity index (χ4v) is 5.67. The van der Waals surface area contributed by atoms with Gasteiger partial charge in [0.1, 0.15) is 0 Å². The van der Waals surface area contributed by atoms with Crippen molar-refractivity contribution in [1.82, 2.24) is 4.90 Å². The van der Waals surface area contributed by atoms with E-state index in [1.807, 2.05) is 48.8 Å². The van der Waals surface area contributed by atoms with Crippen molar-refractivity contribution in [2.45, 2.75) is 39.1 Å². The molecule has 2 amide bonds. The van der Waals surface area contributed by atoms with Gasteiger partial charge < -0.3 is 9.80 Å². The lowest BCUT2D eigenvalue weighted by Crippen LogP contribution is -2.51. The van der Waals surface area contributed by atoms with E-state index in [0.29, 0.717) is 13.1 Å². The summed E-state index contributed by atoms with van der Waals surface area (Å²) in [5, 5.41) is 0. The van der Waals surface area contributed by atoms with Gasteiger partial charge in [-0.15, -0.1) is 11.8 Å². The molecule has 28 heavy (non-hydrogen) atoms. The van der Waals surface area contributed by atoms with Crippen molar-refractivity contribution in [2.75, 3.05) is 17.2 Å². The highest BCUT2D eigenvalue weighted by Crippen LogP contribution is 2.54. The normalized spacial score (nSPS) is 21.1. The number of carbonyl (C=O) groups excluding carboxylic acids is 2. The summed E-state index contributed by atoms with van der Waals surface area (Å²) in [4.78, 5) is 29.6. The molecule has 1 atom stereocenters. The van der Waals surface area contributed by atoms with Crippen molar-refractivity contribution in [1.29, 1.82) is 0 Å². The highest BCUT2D eigenvalue weighted by atomic mass is 32.2. The SMILES string of the molecule is Cc1cccc(CN2C(=O)C3(SCCN3C(=O)C(C)C)c3cc(C)ccc32)c1. The van der Waals surface area contributed by atoms with Crippen LogP contribution in [0, 0.1) is 19.8 Å². The first-order chi connectivity index (χ1) is 13.3. The molecule has 0 N–H and O–H groups in total. The van der Waals surface area contributed by atoms with E-state index in [1.165, 1.54) is 5.56 Å². The van der Waals surface area contributed by atoms with Crippen LogP contribution in [0.1, 0.15) is 36.1 Å². The second-order valence-corrected chi connectivity index (χ2v) is 9.33. The zero-order valence-electron chi connectivity index (χ0n) is 16.9. The molecule has 4 rings (SSSR count). The lowest BCUT2D eigenvalue weighted by Gasteiger charge is -2.34. The van der Waals surface area contributed by atoms with Crippen LogP contribution in [0.3, 0.4) is 0 Å². The molecule has 1 saturated heterocycles. The fourth-order valence-electron chi connectivity index (χ4n) is 4.21. The molecule has 2 heterocycles. The number of rotatable bonds is 3. The van der Waals surface area contributed by atoms with Crippen LogP contribution >= 0.6 is 11.8 Å². The third-order valence-electron chi connectivity index (χ3n) is 5.53. The summed E-state index contributed by atoms with van der Waals surface area (Å²) in [7, 11) is 0. The van der Waals surface area contributed by atoms with Gasteiger partial charge in [-0.05, 0) is 25.5 Å². The lowest BCUT2D eigenvalue weighted by molar-refractivity contribution is -0.142. The summed E-state index contributed by atoms with van der Waals surface area (Å²) >= 11 is 1.60. The number of hydrogen-bond donors (Lipinski definition) is 0. The van der Waals surface area contributed by atoms with Gasteiger partial charge in [-0.25, -0.2) is 0 Å². The van der Waals surface area contributed by atoms with Gasteiger partial charge in [0.05, 0.1) is 12.2 Å². The first-order valence-electron chi connectivity index (χ1n) is 9.78. The number of fused-ring (bicyclic) bond motifs is 2. The molecule has 2 aromatic rings. The predicted octanol–water partition coefficient (Wildman–Crippen LogP) is 4.23. The second kappa shape index (κ2) is 6.96. The van der Waals surface area contributed by atoms with Crippen molar-refractivity contribution in [3.8, 4) is 0 Å². The molecule has 0 bridgehead atoms. The van der Waals surface area contributed by atoms with E-state index in [4.69, 9.17) is 0 Å². The Hall–Kier alpha value is -2.27. The van der Waals surface area contributed by atoms with Crippen molar-refractivity contribution in [3.05, 3.63) is 64.7 Å². The molecule has 146 valence electrons. The average molecular weight is 395 g/mol. The minimum atomic E-state index is -0.924. The molecular weight excluding hydrogens is 368 g/mol. The number of hydrogen-bond acceptors (Lipinski definition) is 3. The topological polar surface area (TPSA) is 40.6 Å². The first-order valence-corrected chi connectivity index (χ1v) is 10.8. The summed E-state index contributed by atoms with van der Waals surface area (Å²) < 4.78 is 0. The average Bonchev–Trinajstić information content (AvgIpc) is 3.18. The molecule has 0 saturated carbocycles. The Morgan fingerprint density at radius 1 is 1.14 bits per heavy atom. The van der Waals surface area contributed by atoms with Gasteiger partial charge in [-0.2, -0.15) is 0 Å². The van der Waals surface area contributed by atoms with Crippen LogP contribution in [0.5, 0.6) is 0 Å². The number of nitrogens with zero attached hydrogens (tertiary/aromatic N) is 2. The lowest BCUT2D eigenvalue weighted by atomic mass is 10.0. The quantitative estimate of drug-likeness (QED) is 0.782. The van der Waals surface area contributed by atoms with Crippen LogP contribution in [0.4, 0.5) is 5.69 Å². The van der Waals surface area contributed by atoms with Gasteiger partial charge >= 0.3 is 0 Å². The van der Waals surface area contributed by atoms with Crippen LogP contribution in [0.15, 0.2) is 42.5 Å². The van der Waals surface area contributed by atoms with Crippen LogP contribution in [-0.2, 0) is 21.0 Å². The highest BCUT2D eigenvalue weighted by Gasteiger charge is 2.59. The minimum Gasteiger partial charge on any atom is -0.315 e. The molecule has 0 aliphatic carbocycles. The molecule has 1 spiro atoms. The van der Waals surface area contributed by atoms with Gasteiger partial charge in [0.25, 0.3) is 5.91 Å². The van der Waals surface area contributed by atoms with Crippen LogP contribution in [-0.4, -0.2) is 29.0 Å². The Kier molecular flexibility index (Phi) is 4.74. The van der Waals surface area contributed by atoms with E-state index in [9.17, 15) is 9.59 Å². The maximum Gasteiger partial charge on any atom is 0.268 e. The van der Waals surface area contributed by atoms with Crippen molar-refractivity contribution in [3.63, 3.8) is 0 Å². The Morgan fingerprint density at radius 3 is 2.61 bits per heavy atom. The number of amides is 2.